The Hall–Kier alpha value is -0.590. The maximum Gasteiger partial charge on any atom is 0.149 e. The van der Waals surface area contributed by atoms with E-state index in [1.54, 1.807) is 0 Å². The van der Waals surface area contributed by atoms with Gasteiger partial charge in [-0.1, -0.05) is 37.3 Å². The largest absolute Gasteiger partial charge is 0.307 e. The Labute approximate surface area is 73.2 Å². The fourth-order valence-electron chi connectivity index (χ4n) is 1.00. The van der Waals surface area contributed by atoms with Gasteiger partial charge in [0.15, 0.2) is 0 Å². The van der Waals surface area contributed by atoms with Crippen molar-refractivity contribution in [3.8, 4) is 0 Å². The van der Waals surface area contributed by atoms with Crippen LogP contribution in [0.25, 0.3) is 0 Å². The molecule has 1 aromatic carbocycles. The molecule has 0 spiro atoms. The van der Waals surface area contributed by atoms with E-state index in [-0.39, 0.29) is 0 Å². The third kappa shape index (κ3) is 2.80. The average molecular weight is 183 g/mol. The van der Waals surface area contributed by atoms with E-state index >= 15 is 0 Å². The summed E-state index contributed by atoms with van der Waals surface area (Å²) in [6, 6.07) is 9.72. The van der Waals surface area contributed by atoms with Gasteiger partial charge >= 0.3 is 0 Å². The van der Waals surface area contributed by atoms with Crippen LogP contribution in [0.15, 0.2) is 30.3 Å². The molecule has 0 amide bonds. The molecular weight excluding hydrogens is 169 g/mol. The Morgan fingerprint density at radius 1 is 1.33 bits per heavy atom. The highest BCUT2D eigenvalue weighted by atomic mass is 31.2. The van der Waals surface area contributed by atoms with Crippen molar-refractivity contribution in [3.05, 3.63) is 35.9 Å². The summed E-state index contributed by atoms with van der Waals surface area (Å²) >= 11 is 0. The van der Waals surface area contributed by atoms with Crippen LogP contribution in [0, 0.1) is 0 Å². The molecule has 3 heteroatoms. The summed E-state index contributed by atoms with van der Waals surface area (Å²) in [6.45, 7) is 1.86. The highest BCUT2D eigenvalue weighted by molar-refractivity contribution is 7.60. The molecule has 0 saturated carbocycles. The summed E-state index contributed by atoms with van der Waals surface area (Å²) < 4.78 is 11.5. The van der Waals surface area contributed by atoms with Crippen LogP contribution in [0.1, 0.15) is 12.5 Å². The van der Waals surface area contributed by atoms with Gasteiger partial charge in [-0.2, -0.15) is 0 Å². The van der Waals surface area contributed by atoms with Gasteiger partial charge in [0.05, 0.1) is 0 Å². The first-order chi connectivity index (χ1) is 5.64. The Bertz CT molecular complexity index is 284. The van der Waals surface area contributed by atoms with Crippen molar-refractivity contribution in [1.29, 1.82) is 0 Å². The zero-order valence-electron chi connectivity index (χ0n) is 7.23. The van der Waals surface area contributed by atoms with Crippen molar-refractivity contribution in [1.82, 2.24) is 0 Å². The summed E-state index contributed by atoms with van der Waals surface area (Å²) in [7, 11) is -2.40. The third-order valence-electron chi connectivity index (χ3n) is 1.83. The van der Waals surface area contributed by atoms with Gasteiger partial charge in [0.2, 0.25) is 0 Å². The second kappa shape index (κ2) is 3.88. The molecule has 2 nitrogen and oxygen atoms in total. The maximum absolute atomic E-state index is 11.5. The zero-order chi connectivity index (χ0) is 9.03. The predicted octanol–water partition coefficient (Wildman–Crippen LogP) is 2.44. The average Bonchev–Trinajstić information content (AvgIpc) is 2.06. The van der Waals surface area contributed by atoms with Crippen molar-refractivity contribution >= 4 is 7.29 Å². The topological polar surface area (TPSA) is 43.1 Å². The molecule has 0 aromatic heterocycles. The van der Waals surface area contributed by atoms with Gasteiger partial charge in [0, 0.05) is 12.3 Å². The molecule has 0 aliphatic heterocycles. The fourth-order valence-corrected chi connectivity index (χ4v) is 2.06. The monoisotopic (exact) mass is 183 g/mol. The lowest BCUT2D eigenvalue weighted by Crippen LogP contribution is -2.00. The number of nitrogens with two attached hydrogens (primary N) is 1. The van der Waals surface area contributed by atoms with E-state index in [1.165, 1.54) is 0 Å². The van der Waals surface area contributed by atoms with Gasteiger partial charge in [0.25, 0.3) is 0 Å². The number of benzene rings is 1. The van der Waals surface area contributed by atoms with E-state index in [0.29, 0.717) is 12.3 Å². The lowest BCUT2D eigenvalue weighted by atomic mass is 10.2. The number of hydrogen-bond donors (Lipinski definition) is 1. The molecule has 1 rings (SSSR count). The van der Waals surface area contributed by atoms with Crippen LogP contribution in [-0.2, 0) is 10.7 Å². The van der Waals surface area contributed by atoms with Gasteiger partial charge in [0.1, 0.15) is 7.29 Å². The van der Waals surface area contributed by atoms with Crippen molar-refractivity contribution in [2.45, 2.75) is 13.1 Å². The van der Waals surface area contributed by atoms with E-state index in [2.05, 4.69) is 0 Å². The Morgan fingerprint density at radius 2 is 1.92 bits per heavy atom. The van der Waals surface area contributed by atoms with Crippen molar-refractivity contribution < 1.29 is 4.57 Å². The van der Waals surface area contributed by atoms with Crippen LogP contribution in [0.4, 0.5) is 0 Å². The number of rotatable bonds is 3. The van der Waals surface area contributed by atoms with Crippen molar-refractivity contribution in [3.63, 3.8) is 0 Å². The van der Waals surface area contributed by atoms with E-state index in [9.17, 15) is 4.57 Å². The van der Waals surface area contributed by atoms with Crippen molar-refractivity contribution in [2.75, 3.05) is 6.16 Å². The molecule has 0 aliphatic carbocycles. The van der Waals surface area contributed by atoms with E-state index < -0.39 is 7.29 Å². The van der Waals surface area contributed by atoms with Crippen LogP contribution >= 0.6 is 7.29 Å². The van der Waals surface area contributed by atoms with E-state index in [1.807, 2.05) is 37.3 Å². The second-order valence-electron chi connectivity index (χ2n) is 2.91. The lowest BCUT2D eigenvalue weighted by molar-refractivity contribution is 0.575. The van der Waals surface area contributed by atoms with Crippen LogP contribution in [-0.4, -0.2) is 6.16 Å². The Kier molecular flexibility index (Phi) is 3.07. The first kappa shape index (κ1) is 9.50. The Balaban J connectivity index is 2.71. The maximum atomic E-state index is 11.5. The molecule has 0 bridgehead atoms. The molecule has 2 N–H and O–H groups in total. The molecule has 0 fully saturated rings. The normalized spacial score (nSPS) is 15.5. The minimum Gasteiger partial charge on any atom is -0.307 e. The van der Waals surface area contributed by atoms with Gasteiger partial charge in [-0.05, 0) is 5.56 Å². The minimum atomic E-state index is -2.40. The van der Waals surface area contributed by atoms with E-state index in [4.69, 9.17) is 5.50 Å². The molecule has 1 unspecified atom stereocenters. The first-order valence-electron chi connectivity index (χ1n) is 4.04. The molecule has 0 heterocycles. The quantitative estimate of drug-likeness (QED) is 0.731. The molecule has 0 aliphatic rings. The van der Waals surface area contributed by atoms with Crippen LogP contribution in [0.2, 0.25) is 0 Å². The minimum absolute atomic E-state index is 0.518. The summed E-state index contributed by atoms with van der Waals surface area (Å²) in [5, 5.41) is 0. The molecule has 0 saturated heterocycles. The molecule has 1 atom stereocenters. The molecular formula is C9H14NOP. The smallest absolute Gasteiger partial charge is 0.149 e. The molecule has 1 aromatic rings. The first-order valence-corrected chi connectivity index (χ1v) is 6.19. The SMILES string of the molecule is CCP(N)(=O)Cc1ccccc1. The highest BCUT2D eigenvalue weighted by Gasteiger charge is 2.12. The van der Waals surface area contributed by atoms with Crippen molar-refractivity contribution in [2.24, 2.45) is 5.50 Å². The zero-order valence-corrected chi connectivity index (χ0v) is 8.13. The summed E-state index contributed by atoms with van der Waals surface area (Å²) in [5.41, 5.74) is 6.66. The predicted molar refractivity (Wildman–Crippen MR) is 52.5 cm³/mol. The molecule has 12 heavy (non-hydrogen) atoms. The molecule has 66 valence electrons. The van der Waals surface area contributed by atoms with E-state index in [0.717, 1.165) is 5.56 Å². The lowest BCUT2D eigenvalue weighted by Gasteiger charge is -2.09. The highest BCUT2D eigenvalue weighted by Crippen LogP contribution is 2.39. The standard InChI is InChI=1S/C9H14NOP/c1-2-12(10,11)8-9-6-4-3-5-7-9/h3-7H,2,8H2,1H3,(H2,10,11). The van der Waals surface area contributed by atoms with Crippen LogP contribution < -0.4 is 5.50 Å². The number of hydrogen-bond acceptors (Lipinski definition) is 1. The summed E-state index contributed by atoms with van der Waals surface area (Å²) in [6.07, 6.45) is 1.09. The summed E-state index contributed by atoms with van der Waals surface area (Å²) in [5.74, 6) is 0. The third-order valence-corrected chi connectivity index (χ3v) is 3.80. The summed E-state index contributed by atoms with van der Waals surface area (Å²) in [4.78, 5) is 0. The fraction of sp³-hybridized carbons (Fsp3) is 0.333. The van der Waals surface area contributed by atoms with Crippen LogP contribution in [0.5, 0.6) is 0 Å². The van der Waals surface area contributed by atoms with Gasteiger partial charge < -0.3 is 4.57 Å². The van der Waals surface area contributed by atoms with Crippen LogP contribution in [0.3, 0.4) is 0 Å². The van der Waals surface area contributed by atoms with Gasteiger partial charge in [-0.25, -0.2) is 0 Å². The molecule has 0 radical (unpaired) electrons. The van der Waals surface area contributed by atoms with Gasteiger partial charge in [-0.3, -0.25) is 5.50 Å². The van der Waals surface area contributed by atoms with Gasteiger partial charge in [-0.15, -0.1) is 0 Å². The second-order valence-corrected chi connectivity index (χ2v) is 5.77. The Morgan fingerprint density at radius 3 is 2.42 bits per heavy atom.